The average Bonchev–Trinajstić information content (AvgIpc) is 3.17. The number of carboxylic acid groups (broad SMARTS) is 1. The molecule has 0 fully saturated rings. The highest BCUT2D eigenvalue weighted by atomic mass is 32.1. The number of aromatic carboxylic acids is 1. The van der Waals surface area contributed by atoms with Crippen molar-refractivity contribution in [2.24, 2.45) is 0 Å². The molecule has 0 aliphatic carbocycles. The van der Waals surface area contributed by atoms with Crippen LogP contribution in [0.15, 0.2) is 44.7 Å². The first-order valence-electron chi connectivity index (χ1n) is 6.03. The van der Waals surface area contributed by atoms with E-state index in [-0.39, 0.29) is 5.69 Å². The molecule has 3 heterocycles. The lowest BCUT2D eigenvalue weighted by molar-refractivity contribution is 0.0688. The number of aryl methyl sites for hydroxylation is 2. The Morgan fingerprint density at radius 1 is 1.30 bits per heavy atom. The number of hydrogen-bond donors (Lipinski definition) is 1. The molecule has 0 radical (unpaired) electrons. The molecule has 0 unspecified atom stereocenters. The summed E-state index contributed by atoms with van der Waals surface area (Å²) in [6.45, 7) is 0. The van der Waals surface area contributed by atoms with E-state index in [4.69, 9.17) is 8.83 Å². The lowest BCUT2D eigenvalue weighted by Crippen LogP contribution is -2.02. The molecular formula is C14H11NO4S. The highest BCUT2D eigenvalue weighted by molar-refractivity contribution is 7.13. The number of carboxylic acids is 1. The van der Waals surface area contributed by atoms with Crippen LogP contribution in [0.2, 0.25) is 0 Å². The summed E-state index contributed by atoms with van der Waals surface area (Å²) in [7, 11) is 0. The molecule has 0 bridgehead atoms. The Morgan fingerprint density at radius 2 is 2.20 bits per heavy atom. The fraction of sp³-hybridized carbons (Fsp3) is 0.143. The van der Waals surface area contributed by atoms with Gasteiger partial charge in [-0.05, 0) is 23.6 Å². The molecule has 0 amide bonds. The maximum absolute atomic E-state index is 11.2. The van der Waals surface area contributed by atoms with Crippen LogP contribution in [-0.2, 0) is 12.8 Å². The van der Waals surface area contributed by atoms with Crippen molar-refractivity contribution < 1.29 is 18.7 Å². The molecule has 0 spiro atoms. The SMILES string of the molecule is O=C(O)c1nc(-c2cccs2)oc1CCc1ccco1. The van der Waals surface area contributed by atoms with Crippen LogP contribution in [0, 0.1) is 0 Å². The van der Waals surface area contributed by atoms with E-state index in [9.17, 15) is 9.90 Å². The van der Waals surface area contributed by atoms with Gasteiger partial charge in [0.25, 0.3) is 0 Å². The highest BCUT2D eigenvalue weighted by Crippen LogP contribution is 2.27. The Hall–Kier alpha value is -2.34. The molecule has 5 nitrogen and oxygen atoms in total. The minimum Gasteiger partial charge on any atom is -0.476 e. The van der Waals surface area contributed by atoms with E-state index >= 15 is 0 Å². The van der Waals surface area contributed by atoms with Crippen molar-refractivity contribution in [1.82, 2.24) is 4.98 Å². The summed E-state index contributed by atoms with van der Waals surface area (Å²) in [4.78, 5) is 16.1. The van der Waals surface area contributed by atoms with Crippen LogP contribution in [0.25, 0.3) is 10.8 Å². The number of aromatic nitrogens is 1. The molecule has 3 aromatic heterocycles. The first kappa shape index (κ1) is 12.7. The van der Waals surface area contributed by atoms with Crippen LogP contribution in [0.5, 0.6) is 0 Å². The summed E-state index contributed by atoms with van der Waals surface area (Å²) in [6.07, 6.45) is 2.60. The van der Waals surface area contributed by atoms with Gasteiger partial charge in [-0.3, -0.25) is 0 Å². The van der Waals surface area contributed by atoms with E-state index in [2.05, 4.69) is 4.98 Å². The predicted molar refractivity (Wildman–Crippen MR) is 72.9 cm³/mol. The summed E-state index contributed by atoms with van der Waals surface area (Å²) in [5.74, 6) is 0.436. The number of oxazole rings is 1. The van der Waals surface area contributed by atoms with Crippen molar-refractivity contribution in [2.75, 3.05) is 0 Å². The Bertz CT molecular complexity index is 698. The van der Waals surface area contributed by atoms with Gasteiger partial charge in [-0.25, -0.2) is 9.78 Å². The van der Waals surface area contributed by atoms with Gasteiger partial charge < -0.3 is 13.9 Å². The van der Waals surface area contributed by atoms with Crippen LogP contribution in [0.1, 0.15) is 22.0 Å². The van der Waals surface area contributed by atoms with E-state index < -0.39 is 5.97 Å². The molecule has 1 N–H and O–H groups in total. The molecule has 3 aromatic rings. The zero-order chi connectivity index (χ0) is 13.9. The van der Waals surface area contributed by atoms with Gasteiger partial charge in [-0.1, -0.05) is 6.07 Å². The quantitative estimate of drug-likeness (QED) is 0.778. The van der Waals surface area contributed by atoms with Crippen molar-refractivity contribution in [3.05, 3.63) is 53.1 Å². The van der Waals surface area contributed by atoms with E-state index in [1.807, 2.05) is 23.6 Å². The molecular weight excluding hydrogens is 278 g/mol. The van der Waals surface area contributed by atoms with Crippen LogP contribution in [0.3, 0.4) is 0 Å². The number of thiophene rings is 1. The van der Waals surface area contributed by atoms with Gasteiger partial charge in [0.1, 0.15) is 11.5 Å². The molecule has 0 saturated heterocycles. The van der Waals surface area contributed by atoms with Gasteiger partial charge >= 0.3 is 5.97 Å². The fourth-order valence-electron chi connectivity index (χ4n) is 1.89. The van der Waals surface area contributed by atoms with Crippen molar-refractivity contribution in [3.63, 3.8) is 0 Å². The van der Waals surface area contributed by atoms with Crippen LogP contribution in [0.4, 0.5) is 0 Å². The smallest absolute Gasteiger partial charge is 0.358 e. The summed E-state index contributed by atoms with van der Waals surface area (Å²) in [5, 5.41) is 11.1. The Labute approximate surface area is 118 Å². The van der Waals surface area contributed by atoms with Crippen LogP contribution >= 0.6 is 11.3 Å². The lowest BCUT2D eigenvalue weighted by atomic mass is 10.2. The van der Waals surface area contributed by atoms with E-state index in [1.165, 1.54) is 11.3 Å². The van der Waals surface area contributed by atoms with Crippen molar-refractivity contribution in [3.8, 4) is 10.8 Å². The highest BCUT2D eigenvalue weighted by Gasteiger charge is 2.20. The third kappa shape index (κ3) is 2.50. The average molecular weight is 289 g/mol. The van der Waals surface area contributed by atoms with E-state index in [0.29, 0.717) is 24.5 Å². The molecule has 6 heteroatoms. The molecule has 0 aliphatic heterocycles. The van der Waals surface area contributed by atoms with E-state index in [0.717, 1.165) is 10.6 Å². The third-order valence-corrected chi connectivity index (χ3v) is 3.67. The second-order valence-corrected chi connectivity index (χ2v) is 5.10. The fourth-order valence-corrected chi connectivity index (χ4v) is 2.53. The maximum Gasteiger partial charge on any atom is 0.358 e. The largest absolute Gasteiger partial charge is 0.476 e. The molecule has 20 heavy (non-hydrogen) atoms. The number of carbonyl (C=O) groups is 1. The van der Waals surface area contributed by atoms with Crippen LogP contribution in [-0.4, -0.2) is 16.1 Å². The second-order valence-electron chi connectivity index (χ2n) is 4.15. The van der Waals surface area contributed by atoms with Crippen LogP contribution < -0.4 is 0 Å². The zero-order valence-electron chi connectivity index (χ0n) is 10.4. The van der Waals surface area contributed by atoms with Gasteiger partial charge in [0, 0.05) is 12.8 Å². The number of furan rings is 1. The van der Waals surface area contributed by atoms with E-state index in [1.54, 1.807) is 12.3 Å². The normalized spacial score (nSPS) is 10.8. The molecule has 3 rings (SSSR count). The number of nitrogens with zero attached hydrogens (tertiary/aromatic N) is 1. The van der Waals surface area contributed by atoms with Crippen molar-refractivity contribution in [1.29, 1.82) is 0 Å². The standard InChI is InChI=1S/C14H11NO4S/c16-14(17)12-10(6-5-9-3-1-7-18-9)19-13(15-12)11-4-2-8-20-11/h1-4,7-8H,5-6H2,(H,16,17). The van der Waals surface area contributed by atoms with Gasteiger partial charge in [0.15, 0.2) is 5.69 Å². The van der Waals surface area contributed by atoms with Crippen molar-refractivity contribution >= 4 is 17.3 Å². The molecule has 0 saturated carbocycles. The molecule has 0 aromatic carbocycles. The second kappa shape index (κ2) is 5.34. The molecule has 0 atom stereocenters. The number of hydrogen-bond acceptors (Lipinski definition) is 5. The maximum atomic E-state index is 11.2. The first-order chi connectivity index (χ1) is 9.74. The summed E-state index contributed by atoms with van der Waals surface area (Å²) in [5.41, 5.74) is -0.0278. The summed E-state index contributed by atoms with van der Waals surface area (Å²) < 4.78 is 10.8. The minimum atomic E-state index is -1.08. The lowest BCUT2D eigenvalue weighted by Gasteiger charge is -1.95. The van der Waals surface area contributed by atoms with Gasteiger partial charge in [-0.15, -0.1) is 11.3 Å². The Kier molecular flexibility index (Phi) is 3.39. The van der Waals surface area contributed by atoms with Gasteiger partial charge in [0.05, 0.1) is 11.1 Å². The molecule has 102 valence electrons. The van der Waals surface area contributed by atoms with Crippen molar-refractivity contribution in [2.45, 2.75) is 12.8 Å². The molecule has 0 aliphatic rings. The minimum absolute atomic E-state index is 0.0278. The monoisotopic (exact) mass is 289 g/mol. The zero-order valence-corrected chi connectivity index (χ0v) is 11.2. The summed E-state index contributed by atoms with van der Waals surface area (Å²) >= 11 is 1.46. The van der Waals surface area contributed by atoms with Gasteiger partial charge in [0.2, 0.25) is 5.89 Å². The Balaban J connectivity index is 1.86. The topological polar surface area (TPSA) is 76.5 Å². The summed E-state index contributed by atoms with van der Waals surface area (Å²) in [6, 6.07) is 7.35. The predicted octanol–water partition coefficient (Wildman–Crippen LogP) is 3.48. The third-order valence-electron chi connectivity index (χ3n) is 2.81. The Morgan fingerprint density at radius 3 is 2.85 bits per heavy atom. The van der Waals surface area contributed by atoms with Gasteiger partial charge in [-0.2, -0.15) is 0 Å². The number of rotatable bonds is 5. The first-order valence-corrected chi connectivity index (χ1v) is 6.91.